The first-order valence-corrected chi connectivity index (χ1v) is 3.63. The Hall–Kier alpha value is -1.10. The van der Waals surface area contributed by atoms with Gasteiger partial charge in [-0.2, -0.15) is 0 Å². The van der Waals surface area contributed by atoms with Gasteiger partial charge >= 0.3 is 0 Å². The maximum Gasteiger partial charge on any atom is 0.236 e. The van der Waals surface area contributed by atoms with E-state index in [4.69, 9.17) is 0 Å². The molecule has 0 atom stereocenters. The number of aromatic amines is 1. The fourth-order valence-electron chi connectivity index (χ4n) is 0.622. The van der Waals surface area contributed by atoms with Crippen molar-refractivity contribution in [3.8, 4) is 0 Å². The van der Waals surface area contributed by atoms with Gasteiger partial charge in [0.1, 0.15) is 0 Å². The van der Waals surface area contributed by atoms with E-state index in [1.54, 1.807) is 12.3 Å². The lowest BCUT2D eigenvalue weighted by atomic mass is 10.4. The van der Waals surface area contributed by atoms with Gasteiger partial charge in [-0.3, -0.25) is 10.1 Å². The minimum Gasteiger partial charge on any atom is -0.360 e. The van der Waals surface area contributed by atoms with Crippen molar-refractivity contribution in [2.75, 3.05) is 0 Å². The van der Waals surface area contributed by atoms with Gasteiger partial charge in [0.15, 0.2) is 0 Å². The first kappa shape index (κ1) is 8.00. The zero-order chi connectivity index (χ0) is 8.27. The van der Waals surface area contributed by atoms with E-state index in [0.29, 0.717) is 5.69 Å². The van der Waals surface area contributed by atoms with Crippen LogP contribution in [0.3, 0.4) is 0 Å². The summed E-state index contributed by atoms with van der Waals surface area (Å²) < 4.78 is 0.875. The topological polar surface area (TPSA) is 58.9 Å². The average molecular weight is 217 g/mol. The molecule has 0 unspecified atom stereocenters. The third kappa shape index (κ3) is 2.55. The molecule has 4 nitrogen and oxygen atoms in total. The standard InChI is InChI=1S/C6H5BrN2O2/c7-5-3-6(8-4-5)1-2-9(10)11/h1-4,8H. The van der Waals surface area contributed by atoms with Crippen LogP contribution in [0.1, 0.15) is 5.69 Å². The van der Waals surface area contributed by atoms with Gasteiger partial charge < -0.3 is 4.98 Å². The number of nitro groups is 1. The van der Waals surface area contributed by atoms with Crippen molar-refractivity contribution in [2.45, 2.75) is 0 Å². The molecule has 0 spiro atoms. The first-order chi connectivity index (χ1) is 5.18. The van der Waals surface area contributed by atoms with Crippen LogP contribution in [0.15, 0.2) is 22.9 Å². The van der Waals surface area contributed by atoms with E-state index in [0.717, 1.165) is 10.7 Å². The summed E-state index contributed by atoms with van der Waals surface area (Å²) in [5.41, 5.74) is 0.702. The Bertz CT molecular complexity index is 293. The highest BCUT2D eigenvalue weighted by Crippen LogP contribution is 2.11. The van der Waals surface area contributed by atoms with Crippen LogP contribution in [0.4, 0.5) is 0 Å². The van der Waals surface area contributed by atoms with E-state index in [2.05, 4.69) is 20.9 Å². The third-order valence-electron chi connectivity index (χ3n) is 1.05. The Kier molecular flexibility index (Phi) is 2.43. The maximum atomic E-state index is 9.87. The van der Waals surface area contributed by atoms with Gasteiger partial charge in [0.05, 0.1) is 4.92 Å². The van der Waals surface area contributed by atoms with Crippen molar-refractivity contribution in [1.29, 1.82) is 0 Å². The molecule has 0 radical (unpaired) electrons. The van der Waals surface area contributed by atoms with E-state index in [1.165, 1.54) is 6.08 Å². The molecule has 0 bridgehead atoms. The van der Waals surface area contributed by atoms with Crippen molar-refractivity contribution < 1.29 is 4.92 Å². The molecule has 1 aromatic rings. The molecule has 0 aliphatic carbocycles. The molecule has 0 aliphatic heterocycles. The molecule has 0 saturated heterocycles. The number of hydrogen-bond acceptors (Lipinski definition) is 2. The summed E-state index contributed by atoms with van der Waals surface area (Å²) in [7, 11) is 0. The van der Waals surface area contributed by atoms with Crippen LogP contribution in [-0.2, 0) is 0 Å². The third-order valence-corrected chi connectivity index (χ3v) is 1.50. The summed E-state index contributed by atoms with van der Waals surface area (Å²) in [6, 6.07) is 1.75. The van der Waals surface area contributed by atoms with E-state index in [9.17, 15) is 10.1 Å². The van der Waals surface area contributed by atoms with E-state index in [1.807, 2.05) is 0 Å². The molecular formula is C6H5BrN2O2. The Morgan fingerprint density at radius 3 is 2.91 bits per heavy atom. The van der Waals surface area contributed by atoms with Crippen LogP contribution >= 0.6 is 15.9 Å². The SMILES string of the molecule is O=[N+]([O-])C=Cc1cc(Br)c[nH]1. The van der Waals surface area contributed by atoms with E-state index >= 15 is 0 Å². The largest absolute Gasteiger partial charge is 0.360 e. The second kappa shape index (κ2) is 3.34. The molecule has 58 valence electrons. The molecule has 1 aromatic heterocycles. The van der Waals surface area contributed by atoms with Crippen molar-refractivity contribution in [2.24, 2.45) is 0 Å². The number of H-pyrrole nitrogens is 1. The van der Waals surface area contributed by atoms with Gasteiger partial charge in [-0.1, -0.05) is 0 Å². The molecule has 1 heterocycles. The lowest BCUT2D eigenvalue weighted by Gasteiger charge is -1.79. The number of halogens is 1. The Balaban J connectivity index is 2.71. The highest BCUT2D eigenvalue weighted by atomic mass is 79.9. The summed E-state index contributed by atoms with van der Waals surface area (Å²) in [6.45, 7) is 0. The van der Waals surface area contributed by atoms with Crippen LogP contribution in [0.5, 0.6) is 0 Å². The summed E-state index contributed by atoms with van der Waals surface area (Å²) in [5, 5.41) is 9.87. The second-order valence-corrected chi connectivity index (χ2v) is 2.79. The number of hydrogen-bond donors (Lipinski definition) is 1. The molecule has 0 fully saturated rings. The van der Waals surface area contributed by atoms with Gasteiger partial charge in [-0.05, 0) is 22.0 Å². The van der Waals surface area contributed by atoms with Crippen LogP contribution < -0.4 is 0 Å². The first-order valence-electron chi connectivity index (χ1n) is 2.84. The molecule has 1 N–H and O–H groups in total. The number of nitrogens with one attached hydrogen (secondary N) is 1. The van der Waals surface area contributed by atoms with Crippen LogP contribution in [0.25, 0.3) is 6.08 Å². The second-order valence-electron chi connectivity index (χ2n) is 1.87. The minimum atomic E-state index is -0.505. The zero-order valence-corrected chi connectivity index (χ0v) is 7.04. The lowest BCUT2D eigenvalue weighted by molar-refractivity contribution is -0.401. The Morgan fingerprint density at radius 2 is 2.45 bits per heavy atom. The normalized spacial score (nSPS) is 10.6. The zero-order valence-electron chi connectivity index (χ0n) is 5.45. The molecule has 0 aliphatic rings. The summed E-state index contributed by atoms with van der Waals surface area (Å²) in [6.07, 6.45) is 3.99. The van der Waals surface area contributed by atoms with Gasteiger partial charge in [0, 0.05) is 22.4 Å². The molecule has 0 amide bonds. The highest BCUT2D eigenvalue weighted by molar-refractivity contribution is 9.10. The summed E-state index contributed by atoms with van der Waals surface area (Å²) in [5.74, 6) is 0. The van der Waals surface area contributed by atoms with Crippen LogP contribution in [0.2, 0.25) is 0 Å². The fraction of sp³-hybridized carbons (Fsp3) is 0. The lowest BCUT2D eigenvalue weighted by Crippen LogP contribution is -1.81. The quantitative estimate of drug-likeness (QED) is 0.608. The fourth-order valence-corrected chi connectivity index (χ4v) is 0.983. The van der Waals surface area contributed by atoms with Crippen LogP contribution in [0, 0.1) is 10.1 Å². The number of rotatable bonds is 2. The Labute approximate surface area is 71.2 Å². The van der Waals surface area contributed by atoms with Gasteiger partial charge in [0.25, 0.3) is 0 Å². The predicted octanol–water partition coefficient (Wildman–Crippen LogP) is 2.02. The molecule has 11 heavy (non-hydrogen) atoms. The minimum absolute atomic E-state index is 0.505. The predicted molar refractivity (Wildman–Crippen MR) is 44.5 cm³/mol. The van der Waals surface area contributed by atoms with Gasteiger partial charge in [0.2, 0.25) is 6.20 Å². The van der Waals surface area contributed by atoms with Crippen molar-refractivity contribution in [1.82, 2.24) is 4.98 Å². The molecule has 5 heteroatoms. The van der Waals surface area contributed by atoms with Crippen molar-refractivity contribution in [3.63, 3.8) is 0 Å². The van der Waals surface area contributed by atoms with E-state index in [-0.39, 0.29) is 0 Å². The smallest absolute Gasteiger partial charge is 0.236 e. The van der Waals surface area contributed by atoms with Crippen molar-refractivity contribution in [3.05, 3.63) is 38.7 Å². The molecular weight excluding hydrogens is 212 g/mol. The van der Waals surface area contributed by atoms with Gasteiger partial charge in [-0.15, -0.1) is 0 Å². The molecule has 1 rings (SSSR count). The van der Waals surface area contributed by atoms with Crippen LogP contribution in [-0.4, -0.2) is 9.91 Å². The summed E-state index contributed by atoms with van der Waals surface area (Å²) in [4.78, 5) is 12.2. The molecule has 0 saturated carbocycles. The number of aromatic nitrogens is 1. The summed E-state index contributed by atoms with van der Waals surface area (Å²) >= 11 is 3.20. The van der Waals surface area contributed by atoms with Gasteiger partial charge in [-0.25, -0.2) is 0 Å². The maximum absolute atomic E-state index is 9.87. The Morgan fingerprint density at radius 1 is 1.73 bits per heavy atom. The van der Waals surface area contributed by atoms with Crippen molar-refractivity contribution >= 4 is 22.0 Å². The average Bonchev–Trinajstić information content (AvgIpc) is 2.31. The van der Waals surface area contributed by atoms with E-state index < -0.39 is 4.92 Å². The monoisotopic (exact) mass is 216 g/mol. The number of nitrogens with zero attached hydrogens (tertiary/aromatic N) is 1. The highest BCUT2D eigenvalue weighted by Gasteiger charge is 1.92. The molecule has 0 aromatic carbocycles.